The highest BCUT2D eigenvalue weighted by molar-refractivity contribution is 7.12. The molecule has 0 saturated carbocycles. The van der Waals surface area contributed by atoms with Crippen LogP contribution in [0, 0.1) is 0 Å². The van der Waals surface area contributed by atoms with E-state index >= 15 is 0 Å². The SMILES string of the molecule is CCN(CC)c1ccc(/C=N\NC(=O)CNC(=O)c2cccs2)cc1. The third-order valence-corrected chi connectivity index (χ3v) is 4.45. The van der Waals surface area contributed by atoms with Crippen LogP contribution in [0.4, 0.5) is 5.69 Å². The summed E-state index contributed by atoms with van der Waals surface area (Å²) in [5.41, 5.74) is 4.44. The molecule has 0 radical (unpaired) electrons. The van der Waals surface area contributed by atoms with E-state index in [-0.39, 0.29) is 18.4 Å². The normalized spacial score (nSPS) is 10.6. The maximum Gasteiger partial charge on any atom is 0.261 e. The van der Waals surface area contributed by atoms with Gasteiger partial charge in [0.25, 0.3) is 11.8 Å². The van der Waals surface area contributed by atoms with Crippen LogP contribution in [0.5, 0.6) is 0 Å². The molecule has 0 atom stereocenters. The van der Waals surface area contributed by atoms with Gasteiger partial charge >= 0.3 is 0 Å². The first-order chi connectivity index (χ1) is 12.1. The molecule has 0 saturated heterocycles. The molecule has 2 rings (SSSR count). The molecule has 25 heavy (non-hydrogen) atoms. The van der Waals surface area contributed by atoms with Crippen LogP contribution in [0.15, 0.2) is 46.9 Å². The van der Waals surface area contributed by atoms with E-state index in [0.29, 0.717) is 4.88 Å². The van der Waals surface area contributed by atoms with E-state index in [0.717, 1.165) is 24.3 Å². The second kappa shape index (κ2) is 9.58. The average molecular weight is 358 g/mol. The summed E-state index contributed by atoms with van der Waals surface area (Å²) in [5.74, 6) is -0.637. The molecule has 2 aromatic rings. The van der Waals surface area contributed by atoms with Crippen LogP contribution in [0.3, 0.4) is 0 Å². The topological polar surface area (TPSA) is 73.8 Å². The van der Waals surface area contributed by atoms with Crippen LogP contribution in [-0.4, -0.2) is 37.7 Å². The Morgan fingerprint density at radius 3 is 2.48 bits per heavy atom. The second-order valence-electron chi connectivity index (χ2n) is 5.22. The van der Waals surface area contributed by atoms with Gasteiger partial charge in [-0.1, -0.05) is 18.2 Å². The minimum absolute atomic E-state index is 0.116. The number of nitrogens with one attached hydrogen (secondary N) is 2. The molecule has 0 spiro atoms. The van der Waals surface area contributed by atoms with Gasteiger partial charge in [0, 0.05) is 18.8 Å². The van der Waals surface area contributed by atoms with Crippen molar-refractivity contribution in [2.75, 3.05) is 24.5 Å². The number of anilines is 1. The first kappa shape index (κ1) is 18.7. The fraction of sp³-hybridized carbons (Fsp3) is 0.278. The summed E-state index contributed by atoms with van der Waals surface area (Å²) in [6.07, 6.45) is 1.57. The standard InChI is InChI=1S/C18H22N4O2S/c1-3-22(4-2)15-9-7-14(8-10-15)12-20-21-17(23)13-19-18(24)16-6-5-11-25-16/h5-12H,3-4,13H2,1-2H3,(H,19,24)(H,21,23)/b20-12-. The van der Waals surface area contributed by atoms with Crippen molar-refractivity contribution in [2.24, 2.45) is 5.10 Å². The maximum absolute atomic E-state index is 11.7. The quantitative estimate of drug-likeness (QED) is 0.562. The summed E-state index contributed by atoms with van der Waals surface area (Å²) in [6.45, 7) is 6.03. The van der Waals surface area contributed by atoms with Crippen molar-refractivity contribution in [2.45, 2.75) is 13.8 Å². The number of rotatable bonds is 8. The largest absolute Gasteiger partial charge is 0.372 e. The van der Waals surface area contributed by atoms with Crippen LogP contribution in [0.1, 0.15) is 29.1 Å². The zero-order valence-corrected chi connectivity index (χ0v) is 15.2. The molecule has 0 fully saturated rings. The number of amides is 2. The van der Waals surface area contributed by atoms with Crippen molar-refractivity contribution in [3.63, 3.8) is 0 Å². The summed E-state index contributed by atoms with van der Waals surface area (Å²) in [5, 5.41) is 8.27. The van der Waals surface area contributed by atoms with Crippen molar-refractivity contribution >= 4 is 35.1 Å². The molecule has 0 aliphatic heterocycles. The molecule has 7 heteroatoms. The Labute approximate surface area is 151 Å². The van der Waals surface area contributed by atoms with E-state index in [2.05, 4.69) is 34.6 Å². The number of hydrogen-bond acceptors (Lipinski definition) is 5. The summed E-state index contributed by atoms with van der Waals surface area (Å²) in [7, 11) is 0. The van der Waals surface area contributed by atoms with E-state index in [1.54, 1.807) is 18.3 Å². The van der Waals surface area contributed by atoms with E-state index in [1.165, 1.54) is 11.3 Å². The predicted molar refractivity (Wildman–Crippen MR) is 102 cm³/mol. The van der Waals surface area contributed by atoms with Gasteiger partial charge in [0.05, 0.1) is 17.6 Å². The van der Waals surface area contributed by atoms with Gasteiger partial charge in [-0.2, -0.15) is 5.10 Å². The first-order valence-electron chi connectivity index (χ1n) is 8.12. The Kier molecular flexibility index (Phi) is 7.16. The minimum Gasteiger partial charge on any atom is -0.372 e. The minimum atomic E-state index is -0.374. The summed E-state index contributed by atoms with van der Waals surface area (Å²) in [4.78, 5) is 26.2. The highest BCUT2D eigenvalue weighted by Gasteiger charge is 2.07. The lowest BCUT2D eigenvalue weighted by Gasteiger charge is -2.20. The van der Waals surface area contributed by atoms with Crippen molar-refractivity contribution < 1.29 is 9.59 Å². The Hall–Kier alpha value is -2.67. The highest BCUT2D eigenvalue weighted by Crippen LogP contribution is 2.13. The smallest absolute Gasteiger partial charge is 0.261 e. The molecule has 0 bridgehead atoms. The summed E-state index contributed by atoms with van der Waals surface area (Å²) < 4.78 is 0. The maximum atomic E-state index is 11.7. The molecule has 1 heterocycles. The fourth-order valence-electron chi connectivity index (χ4n) is 2.23. The number of hydrazone groups is 1. The lowest BCUT2D eigenvalue weighted by molar-refractivity contribution is -0.120. The van der Waals surface area contributed by atoms with Crippen LogP contribution < -0.4 is 15.6 Å². The van der Waals surface area contributed by atoms with Gasteiger partial charge in [-0.15, -0.1) is 11.3 Å². The van der Waals surface area contributed by atoms with Gasteiger partial charge in [0.15, 0.2) is 0 Å². The Bertz CT molecular complexity index is 707. The third-order valence-electron chi connectivity index (χ3n) is 3.58. The van der Waals surface area contributed by atoms with Crippen LogP contribution in [-0.2, 0) is 4.79 Å². The van der Waals surface area contributed by atoms with Crippen molar-refractivity contribution in [3.8, 4) is 0 Å². The molecule has 6 nitrogen and oxygen atoms in total. The molecule has 2 N–H and O–H groups in total. The van der Waals surface area contributed by atoms with Crippen molar-refractivity contribution in [3.05, 3.63) is 52.2 Å². The number of thiophene rings is 1. The molecule has 0 aliphatic rings. The van der Waals surface area contributed by atoms with Gasteiger partial charge < -0.3 is 10.2 Å². The average Bonchev–Trinajstić information content (AvgIpc) is 3.17. The highest BCUT2D eigenvalue weighted by atomic mass is 32.1. The summed E-state index contributed by atoms with van der Waals surface area (Å²) in [6, 6.07) is 11.4. The molecule has 132 valence electrons. The van der Waals surface area contributed by atoms with Gasteiger partial charge in [0.1, 0.15) is 0 Å². The molecule has 2 amide bonds. The van der Waals surface area contributed by atoms with Gasteiger partial charge in [-0.05, 0) is 43.0 Å². The Morgan fingerprint density at radius 1 is 1.16 bits per heavy atom. The second-order valence-corrected chi connectivity index (χ2v) is 6.16. The first-order valence-corrected chi connectivity index (χ1v) is 9.00. The third kappa shape index (κ3) is 5.72. The lowest BCUT2D eigenvalue weighted by Crippen LogP contribution is -2.34. The Balaban J connectivity index is 1.78. The van der Waals surface area contributed by atoms with E-state index in [9.17, 15) is 9.59 Å². The van der Waals surface area contributed by atoms with Crippen LogP contribution in [0.2, 0.25) is 0 Å². The van der Waals surface area contributed by atoms with E-state index < -0.39 is 0 Å². The molecular weight excluding hydrogens is 336 g/mol. The van der Waals surface area contributed by atoms with Crippen LogP contribution >= 0.6 is 11.3 Å². The van der Waals surface area contributed by atoms with Crippen LogP contribution in [0.25, 0.3) is 0 Å². The zero-order chi connectivity index (χ0) is 18.1. The van der Waals surface area contributed by atoms with E-state index in [4.69, 9.17) is 0 Å². The number of nitrogens with zero attached hydrogens (tertiary/aromatic N) is 2. The number of hydrogen-bond donors (Lipinski definition) is 2. The Morgan fingerprint density at radius 2 is 1.88 bits per heavy atom. The van der Waals surface area contributed by atoms with Gasteiger partial charge in [-0.3, -0.25) is 9.59 Å². The van der Waals surface area contributed by atoms with Gasteiger partial charge in [-0.25, -0.2) is 5.43 Å². The monoisotopic (exact) mass is 358 g/mol. The molecule has 1 aromatic heterocycles. The molecule has 1 aromatic carbocycles. The predicted octanol–water partition coefficient (Wildman–Crippen LogP) is 2.47. The lowest BCUT2D eigenvalue weighted by atomic mass is 10.2. The summed E-state index contributed by atoms with van der Waals surface area (Å²) >= 11 is 1.33. The number of carbonyl (C=O) groups is 2. The zero-order valence-electron chi connectivity index (χ0n) is 14.4. The number of carbonyl (C=O) groups excluding carboxylic acids is 2. The fourth-order valence-corrected chi connectivity index (χ4v) is 2.87. The van der Waals surface area contributed by atoms with Crippen molar-refractivity contribution in [1.29, 1.82) is 0 Å². The van der Waals surface area contributed by atoms with Gasteiger partial charge in [0.2, 0.25) is 0 Å². The van der Waals surface area contributed by atoms with Crippen molar-refractivity contribution in [1.82, 2.24) is 10.7 Å². The molecular formula is C18H22N4O2S. The van der Waals surface area contributed by atoms with E-state index in [1.807, 2.05) is 29.6 Å². The number of benzene rings is 1. The molecule has 0 unspecified atom stereocenters. The molecule has 0 aliphatic carbocycles.